The molecule has 0 atom stereocenters. The molecule has 1 aliphatic heterocycles. The van der Waals surface area contributed by atoms with Crippen molar-refractivity contribution in [3.05, 3.63) is 70.7 Å². The Morgan fingerprint density at radius 2 is 1.76 bits per heavy atom. The number of methoxy groups -OCH3 is 1. The zero-order valence-electron chi connectivity index (χ0n) is 21.6. The number of nitrogens with two attached hydrogens (primary N) is 1. The number of carboxylic acid groups (broad SMARTS) is 1. The Morgan fingerprint density at radius 3 is 2.39 bits per heavy atom. The number of rotatable bonds is 11. The van der Waals surface area contributed by atoms with E-state index in [-0.39, 0.29) is 12.0 Å². The van der Waals surface area contributed by atoms with E-state index < -0.39 is 28.8 Å². The molecule has 38 heavy (non-hydrogen) atoms. The topological polar surface area (TPSA) is 88.7 Å². The normalized spacial score (nSPS) is 15.6. The highest BCUT2D eigenvalue weighted by molar-refractivity contribution is 5.84. The van der Waals surface area contributed by atoms with Crippen molar-refractivity contribution in [3.8, 4) is 5.75 Å². The maximum atomic E-state index is 13.9. The second kappa shape index (κ2) is 12.1. The number of hydrogen-bond donors (Lipinski definition) is 2. The number of carbonyl (C=O) groups is 1. The first-order chi connectivity index (χ1) is 18.3. The number of likely N-dealkylation sites (tertiary alicyclic amines) is 1. The minimum absolute atomic E-state index is 0.110. The van der Waals surface area contributed by atoms with Crippen LogP contribution in [0.15, 0.2) is 36.5 Å². The van der Waals surface area contributed by atoms with Crippen LogP contribution in [0.1, 0.15) is 48.8 Å². The van der Waals surface area contributed by atoms with E-state index in [4.69, 9.17) is 10.5 Å². The summed E-state index contributed by atoms with van der Waals surface area (Å²) >= 11 is 0. The molecule has 1 aromatic heterocycles. The van der Waals surface area contributed by atoms with Crippen LogP contribution in [0.5, 0.6) is 5.75 Å². The van der Waals surface area contributed by atoms with Crippen molar-refractivity contribution in [2.45, 2.75) is 51.5 Å². The van der Waals surface area contributed by atoms with Crippen LogP contribution in [0.4, 0.5) is 13.2 Å². The number of benzene rings is 2. The Kier molecular flexibility index (Phi) is 8.89. The SMILES string of the molecule is COc1ccc2ncc(CN)c(CCCC3(C(=O)O)CCN(CCCc4c(F)cc(F)cc4F)CC3)c2c1. The number of ether oxygens (including phenoxy) is 1. The fourth-order valence-electron chi connectivity index (χ4n) is 5.54. The predicted molar refractivity (Wildman–Crippen MR) is 140 cm³/mol. The molecule has 0 bridgehead atoms. The van der Waals surface area contributed by atoms with Crippen molar-refractivity contribution in [3.63, 3.8) is 0 Å². The third-order valence-electron chi connectivity index (χ3n) is 7.85. The Morgan fingerprint density at radius 1 is 1.08 bits per heavy atom. The molecule has 0 unspecified atom stereocenters. The van der Waals surface area contributed by atoms with Crippen LogP contribution in [0, 0.1) is 22.9 Å². The van der Waals surface area contributed by atoms with Crippen LogP contribution in [0.3, 0.4) is 0 Å². The number of aryl methyl sites for hydroxylation is 1. The van der Waals surface area contributed by atoms with Crippen LogP contribution < -0.4 is 10.5 Å². The zero-order valence-corrected chi connectivity index (χ0v) is 21.6. The van der Waals surface area contributed by atoms with Crippen LogP contribution in [-0.2, 0) is 24.2 Å². The largest absolute Gasteiger partial charge is 0.497 e. The predicted octanol–water partition coefficient (Wildman–Crippen LogP) is 5.24. The lowest BCUT2D eigenvalue weighted by molar-refractivity contribution is -0.152. The van der Waals surface area contributed by atoms with E-state index in [1.165, 1.54) is 0 Å². The van der Waals surface area contributed by atoms with Gasteiger partial charge in [0.15, 0.2) is 0 Å². The van der Waals surface area contributed by atoms with Gasteiger partial charge in [0.1, 0.15) is 23.2 Å². The van der Waals surface area contributed by atoms with Gasteiger partial charge in [-0.2, -0.15) is 0 Å². The Balaban J connectivity index is 1.35. The van der Waals surface area contributed by atoms with Gasteiger partial charge in [-0.1, -0.05) is 0 Å². The molecule has 0 spiro atoms. The van der Waals surface area contributed by atoms with E-state index in [1.807, 2.05) is 18.2 Å². The van der Waals surface area contributed by atoms with E-state index >= 15 is 0 Å². The summed E-state index contributed by atoms with van der Waals surface area (Å²) < 4.78 is 46.3. The molecule has 0 amide bonds. The maximum absolute atomic E-state index is 13.9. The van der Waals surface area contributed by atoms with Crippen LogP contribution in [0.25, 0.3) is 10.9 Å². The summed E-state index contributed by atoms with van der Waals surface area (Å²) in [4.78, 5) is 19.0. The van der Waals surface area contributed by atoms with Crippen LogP contribution in [-0.4, -0.2) is 47.7 Å². The molecule has 3 aromatic rings. The van der Waals surface area contributed by atoms with Crippen molar-refractivity contribution in [2.24, 2.45) is 11.1 Å². The number of hydrogen-bond acceptors (Lipinski definition) is 5. The summed E-state index contributed by atoms with van der Waals surface area (Å²) in [5.41, 5.74) is 7.94. The summed E-state index contributed by atoms with van der Waals surface area (Å²) in [7, 11) is 1.61. The van der Waals surface area contributed by atoms with Crippen molar-refractivity contribution in [1.82, 2.24) is 9.88 Å². The zero-order chi connectivity index (χ0) is 27.3. The van der Waals surface area contributed by atoms with Crippen LogP contribution in [0.2, 0.25) is 0 Å². The number of pyridine rings is 1. The number of aliphatic carboxylic acids is 1. The summed E-state index contributed by atoms with van der Waals surface area (Å²) in [6.07, 6.45) is 5.39. The standard InChI is InChI=1S/C29H34F3N3O3/c1-38-21-6-7-27-24(16-21)22(19(17-33)18-34-27)4-2-8-29(28(36)37)9-12-35(13-10-29)11-3-5-23-25(31)14-20(30)15-26(23)32/h6-7,14-16,18H,2-5,8-13,17,33H2,1H3,(H,36,37). The van der Waals surface area contributed by atoms with Crippen LogP contribution >= 0.6 is 0 Å². The highest BCUT2D eigenvalue weighted by Crippen LogP contribution is 2.38. The Labute approximate surface area is 220 Å². The van der Waals surface area contributed by atoms with Gasteiger partial charge in [0, 0.05) is 35.8 Å². The molecule has 1 aliphatic rings. The van der Waals surface area contributed by atoms with Gasteiger partial charge in [0.2, 0.25) is 0 Å². The van der Waals surface area contributed by atoms with Gasteiger partial charge >= 0.3 is 5.97 Å². The van der Waals surface area contributed by atoms with Gasteiger partial charge in [-0.3, -0.25) is 9.78 Å². The molecule has 2 heterocycles. The summed E-state index contributed by atoms with van der Waals surface area (Å²) in [6, 6.07) is 7.11. The molecule has 3 N–H and O–H groups in total. The molecule has 0 saturated carbocycles. The molecule has 4 rings (SSSR count). The van der Waals surface area contributed by atoms with E-state index in [9.17, 15) is 23.1 Å². The fraction of sp³-hybridized carbons (Fsp3) is 0.448. The first-order valence-corrected chi connectivity index (χ1v) is 13.0. The average Bonchev–Trinajstić information content (AvgIpc) is 2.90. The van der Waals surface area contributed by atoms with E-state index in [2.05, 4.69) is 9.88 Å². The quantitative estimate of drug-likeness (QED) is 0.353. The molecular weight excluding hydrogens is 495 g/mol. The molecule has 1 saturated heterocycles. The van der Waals surface area contributed by atoms with Gasteiger partial charge in [0.25, 0.3) is 0 Å². The number of aromatic nitrogens is 1. The maximum Gasteiger partial charge on any atom is 0.309 e. The molecule has 2 aromatic carbocycles. The van der Waals surface area contributed by atoms with E-state index in [0.717, 1.165) is 27.8 Å². The monoisotopic (exact) mass is 529 g/mol. The molecule has 204 valence electrons. The number of halogens is 3. The van der Waals surface area contributed by atoms with Crippen molar-refractivity contribution in [1.29, 1.82) is 0 Å². The van der Waals surface area contributed by atoms with Gasteiger partial charge < -0.3 is 20.5 Å². The van der Waals surface area contributed by atoms with Gasteiger partial charge in [-0.15, -0.1) is 0 Å². The number of nitrogens with zero attached hydrogens (tertiary/aromatic N) is 2. The molecule has 0 aliphatic carbocycles. The third kappa shape index (κ3) is 6.10. The molecule has 0 radical (unpaired) electrons. The number of piperidine rings is 1. The van der Waals surface area contributed by atoms with E-state index in [1.54, 1.807) is 13.3 Å². The highest BCUT2D eigenvalue weighted by Gasteiger charge is 2.40. The minimum atomic E-state index is -0.930. The fourth-order valence-corrected chi connectivity index (χ4v) is 5.54. The van der Waals surface area contributed by atoms with Gasteiger partial charge in [-0.05, 0) is 93.9 Å². The first-order valence-electron chi connectivity index (χ1n) is 13.0. The Hall–Kier alpha value is -3.17. The summed E-state index contributed by atoms with van der Waals surface area (Å²) in [5.74, 6) is -2.73. The average molecular weight is 530 g/mol. The lowest BCUT2D eigenvalue weighted by Crippen LogP contribution is -2.44. The lowest BCUT2D eigenvalue weighted by atomic mass is 9.74. The minimum Gasteiger partial charge on any atom is -0.497 e. The van der Waals surface area contributed by atoms with Crippen molar-refractivity contribution in [2.75, 3.05) is 26.7 Å². The number of fused-ring (bicyclic) bond motifs is 1. The second-order valence-corrected chi connectivity index (χ2v) is 10.1. The third-order valence-corrected chi connectivity index (χ3v) is 7.85. The molecule has 6 nitrogen and oxygen atoms in total. The molecule has 9 heteroatoms. The van der Waals surface area contributed by atoms with E-state index in [0.29, 0.717) is 76.8 Å². The smallest absolute Gasteiger partial charge is 0.309 e. The van der Waals surface area contributed by atoms with Crippen molar-refractivity contribution < 1.29 is 27.8 Å². The number of carboxylic acids is 1. The highest BCUT2D eigenvalue weighted by atomic mass is 19.1. The van der Waals surface area contributed by atoms with Gasteiger partial charge in [-0.25, -0.2) is 13.2 Å². The van der Waals surface area contributed by atoms with Crippen molar-refractivity contribution >= 4 is 16.9 Å². The summed E-state index contributed by atoms with van der Waals surface area (Å²) in [6.45, 7) is 2.14. The first kappa shape index (κ1) is 27.9. The molecule has 1 fully saturated rings. The summed E-state index contributed by atoms with van der Waals surface area (Å²) in [5, 5.41) is 11.1. The second-order valence-electron chi connectivity index (χ2n) is 10.1. The lowest BCUT2D eigenvalue weighted by Gasteiger charge is -2.39. The van der Waals surface area contributed by atoms with Gasteiger partial charge in [0.05, 0.1) is 18.0 Å². The Bertz CT molecular complexity index is 1260. The molecular formula is C29H34F3N3O3.